The van der Waals surface area contributed by atoms with E-state index in [4.69, 9.17) is 9.47 Å². The number of hydrogen-bond acceptors (Lipinski definition) is 4. The fraction of sp³-hybridized carbons (Fsp3) is 0.571. The number of amides is 2. The molecule has 1 saturated heterocycles. The molecule has 1 aromatic heterocycles. The van der Waals surface area contributed by atoms with Crippen LogP contribution in [0.25, 0.3) is 0 Å². The number of aromatic nitrogens is 1. The summed E-state index contributed by atoms with van der Waals surface area (Å²) < 4.78 is 36.8. The van der Waals surface area contributed by atoms with Gasteiger partial charge in [-0.25, -0.2) is 18.6 Å². The highest BCUT2D eigenvalue weighted by atomic mass is 19.3. The number of ether oxygens (including phenoxy) is 2. The average molecular weight is 315 g/mol. The summed E-state index contributed by atoms with van der Waals surface area (Å²) in [5.74, 6) is -2.61. The lowest BCUT2D eigenvalue weighted by Crippen LogP contribution is -2.46. The van der Waals surface area contributed by atoms with E-state index in [0.29, 0.717) is 5.88 Å². The van der Waals surface area contributed by atoms with Crippen molar-refractivity contribution in [3.05, 3.63) is 23.9 Å². The van der Waals surface area contributed by atoms with E-state index in [-0.39, 0.29) is 19.2 Å². The molecule has 2 amide bonds. The molecule has 2 rings (SSSR count). The molecule has 0 radical (unpaired) electrons. The molecule has 1 N–H and O–H groups in total. The lowest BCUT2D eigenvalue weighted by molar-refractivity contribution is -0.0652. The highest BCUT2D eigenvalue weighted by Gasteiger charge is 2.36. The first-order valence-electron chi connectivity index (χ1n) is 6.92. The topological polar surface area (TPSA) is 63.7 Å². The van der Waals surface area contributed by atoms with Crippen LogP contribution in [0.2, 0.25) is 0 Å². The van der Waals surface area contributed by atoms with Crippen molar-refractivity contribution in [2.75, 3.05) is 33.4 Å². The molecule has 8 heteroatoms. The van der Waals surface area contributed by atoms with E-state index in [0.717, 1.165) is 10.5 Å². The molecular formula is C14H19F2N3O3. The van der Waals surface area contributed by atoms with Crippen molar-refractivity contribution < 1.29 is 23.0 Å². The van der Waals surface area contributed by atoms with Gasteiger partial charge in [0.25, 0.3) is 5.92 Å². The second-order valence-electron chi connectivity index (χ2n) is 5.13. The Morgan fingerprint density at radius 2 is 2.36 bits per heavy atom. The van der Waals surface area contributed by atoms with E-state index in [9.17, 15) is 13.6 Å². The van der Waals surface area contributed by atoms with Crippen LogP contribution < -0.4 is 10.1 Å². The Morgan fingerprint density at radius 3 is 3.09 bits per heavy atom. The molecule has 22 heavy (non-hydrogen) atoms. The first-order valence-corrected chi connectivity index (χ1v) is 6.92. The molecule has 1 aliphatic rings. The smallest absolute Gasteiger partial charge is 0.318 e. The molecule has 1 aromatic rings. The molecule has 122 valence electrons. The number of rotatable bonds is 3. The van der Waals surface area contributed by atoms with Crippen LogP contribution in [0.4, 0.5) is 13.6 Å². The molecule has 0 spiro atoms. The van der Waals surface area contributed by atoms with Gasteiger partial charge < -0.3 is 19.7 Å². The Morgan fingerprint density at radius 1 is 1.59 bits per heavy atom. The Hall–Kier alpha value is -1.96. The van der Waals surface area contributed by atoms with Crippen LogP contribution in [-0.2, 0) is 4.74 Å². The van der Waals surface area contributed by atoms with Crippen molar-refractivity contribution in [1.29, 1.82) is 0 Å². The first-order chi connectivity index (χ1) is 10.4. The van der Waals surface area contributed by atoms with Gasteiger partial charge in [0.2, 0.25) is 5.88 Å². The molecule has 0 bridgehead atoms. The van der Waals surface area contributed by atoms with Crippen LogP contribution in [-0.4, -0.2) is 55.3 Å². The number of pyridine rings is 1. The number of nitrogens with zero attached hydrogens (tertiary/aromatic N) is 2. The summed E-state index contributed by atoms with van der Waals surface area (Å²) in [7, 11) is 1.49. The number of carbonyl (C=O) groups excluding carboxylic acids is 1. The van der Waals surface area contributed by atoms with Crippen molar-refractivity contribution in [2.45, 2.75) is 18.9 Å². The molecule has 0 aliphatic carbocycles. The maximum absolute atomic E-state index is 13.5. The van der Waals surface area contributed by atoms with Crippen LogP contribution in [0, 0.1) is 0 Å². The third kappa shape index (κ3) is 4.27. The summed E-state index contributed by atoms with van der Waals surface area (Å²) in [6.07, 6.45) is 1.56. The van der Waals surface area contributed by atoms with Gasteiger partial charge >= 0.3 is 6.03 Å². The molecule has 2 heterocycles. The third-order valence-electron chi connectivity index (χ3n) is 3.34. The van der Waals surface area contributed by atoms with Crippen LogP contribution in [0.1, 0.15) is 18.5 Å². The van der Waals surface area contributed by atoms with Gasteiger partial charge in [0, 0.05) is 18.8 Å². The van der Waals surface area contributed by atoms with E-state index in [1.54, 1.807) is 25.3 Å². The minimum absolute atomic E-state index is 0.0977. The number of halogens is 2. The number of methoxy groups -OCH3 is 1. The van der Waals surface area contributed by atoms with E-state index < -0.39 is 25.1 Å². The second-order valence-corrected chi connectivity index (χ2v) is 5.13. The zero-order chi connectivity index (χ0) is 16.2. The van der Waals surface area contributed by atoms with Gasteiger partial charge in [0.1, 0.15) is 6.61 Å². The quantitative estimate of drug-likeness (QED) is 0.924. The number of alkyl halides is 2. The van der Waals surface area contributed by atoms with E-state index >= 15 is 0 Å². The maximum atomic E-state index is 13.5. The van der Waals surface area contributed by atoms with Gasteiger partial charge in [0.15, 0.2) is 0 Å². The van der Waals surface area contributed by atoms with Crippen molar-refractivity contribution >= 4 is 6.03 Å². The molecule has 6 nitrogen and oxygen atoms in total. The van der Waals surface area contributed by atoms with E-state index in [1.165, 1.54) is 7.11 Å². The molecule has 1 aliphatic heterocycles. The average Bonchev–Trinajstić information content (AvgIpc) is 2.68. The summed E-state index contributed by atoms with van der Waals surface area (Å²) in [6, 6.07) is 2.51. The van der Waals surface area contributed by atoms with Crippen molar-refractivity contribution in [1.82, 2.24) is 15.2 Å². The summed E-state index contributed by atoms with van der Waals surface area (Å²) in [4.78, 5) is 17.2. The molecule has 1 atom stereocenters. The number of hydrogen-bond donors (Lipinski definition) is 1. The number of carbonyl (C=O) groups is 1. The SMILES string of the molecule is COc1cc(C(C)NC(=O)N2CCOCC(F)(F)C2)ccn1. The van der Waals surface area contributed by atoms with Gasteiger partial charge in [-0.05, 0) is 18.6 Å². The van der Waals surface area contributed by atoms with Crippen LogP contribution in [0.5, 0.6) is 5.88 Å². The second kappa shape index (κ2) is 6.87. The van der Waals surface area contributed by atoms with E-state index in [2.05, 4.69) is 10.3 Å². The maximum Gasteiger partial charge on any atom is 0.318 e. The molecule has 0 aromatic carbocycles. The van der Waals surface area contributed by atoms with Gasteiger partial charge in [-0.1, -0.05) is 0 Å². The minimum atomic E-state index is -3.03. The van der Waals surface area contributed by atoms with Crippen molar-refractivity contribution in [3.8, 4) is 5.88 Å². The number of nitrogens with one attached hydrogen (secondary N) is 1. The minimum Gasteiger partial charge on any atom is -0.481 e. The summed E-state index contributed by atoms with van der Waals surface area (Å²) in [6.45, 7) is 0.687. The van der Waals surface area contributed by atoms with Crippen molar-refractivity contribution in [3.63, 3.8) is 0 Å². The Bertz CT molecular complexity index is 528. The van der Waals surface area contributed by atoms with Gasteiger partial charge in [-0.2, -0.15) is 0 Å². The van der Waals surface area contributed by atoms with Crippen molar-refractivity contribution in [2.24, 2.45) is 0 Å². The molecule has 1 unspecified atom stereocenters. The molecule has 0 saturated carbocycles. The fourth-order valence-corrected chi connectivity index (χ4v) is 2.14. The Kier molecular flexibility index (Phi) is 5.12. The Labute approximate surface area is 127 Å². The summed E-state index contributed by atoms with van der Waals surface area (Å²) in [5.41, 5.74) is 0.776. The van der Waals surface area contributed by atoms with E-state index in [1.807, 2.05) is 0 Å². The predicted octanol–water partition coefficient (Wildman–Crippen LogP) is 1.83. The van der Waals surface area contributed by atoms with Gasteiger partial charge in [-0.3, -0.25) is 0 Å². The zero-order valence-corrected chi connectivity index (χ0v) is 12.5. The predicted molar refractivity (Wildman–Crippen MR) is 75.1 cm³/mol. The fourth-order valence-electron chi connectivity index (χ4n) is 2.14. The largest absolute Gasteiger partial charge is 0.481 e. The standard InChI is InChI=1S/C14H19F2N3O3/c1-10(11-3-4-17-12(7-11)21-2)18-13(20)19-5-6-22-9-14(15,16)8-19/h3-4,7,10H,5-6,8-9H2,1-2H3,(H,18,20). The van der Waals surface area contributed by atoms with Crippen LogP contribution in [0.3, 0.4) is 0 Å². The lowest BCUT2D eigenvalue weighted by atomic mass is 10.1. The third-order valence-corrected chi connectivity index (χ3v) is 3.34. The van der Waals surface area contributed by atoms with Crippen LogP contribution in [0.15, 0.2) is 18.3 Å². The highest BCUT2D eigenvalue weighted by Crippen LogP contribution is 2.20. The molecular weight excluding hydrogens is 296 g/mol. The number of urea groups is 1. The van der Waals surface area contributed by atoms with Gasteiger partial charge in [0.05, 0.1) is 26.3 Å². The highest BCUT2D eigenvalue weighted by molar-refractivity contribution is 5.74. The van der Waals surface area contributed by atoms with Gasteiger partial charge in [-0.15, -0.1) is 0 Å². The Balaban J connectivity index is 2.00. The summed E-state index contributed by atoms with van der Waals surface area (Å²) in [5, 5.41) is 2.70. The first kappa shape index (κ1) is 16.4. The molecule has 1 fully saturated rings. The lowest BCUT2D eigenvalue weighted by Gasteiger charge is -2.25. The monoisotopic (exact) mass is 315 g/mol. The normalized spacial score (nSPS) is 19.2. The zero-order valence-electron chi connectivity index (χ0n) is 12.5. The van der Waals surface area contributed by atoms with Crippen LogP contribution >= 0.6 is 0 Å². The summed E-state index contributed by atoms with van der Waals surface area (Å²) >= 11 is 0.